The molecule has 110 valence electrons. The Kier molecular flexibility index (Phi) is 5.98. The van der Waals surface area contributed by atoms with Gasteiger partial charge >= 0.3 is 0 Å². The highest BCUT2D eigenvalue weighted by Gasteiger charge is 2.10. The van der Waals surface area contributed by atoms with Crippen molar-refractivity contribution in [3.63, 3.8) is 0 Å². The van der Waals surface area contributed by atoms with E-state index < -0.39 is 0 Å². The summed E-state index contributed by atoms with van der Waals surface area (Å²) in [4.78, 5) is 10.9. The van der Waals surface area contributed by atoms with Crippen LogP contribution in [0.5, 0.6) is 0 Å². The minimum absolute atomic E-state index is 0.263. The van der Waals surface area contributed by atoms with E-state index in [4.69, 9.17) is 5.73 Å². The van der Waals surface area contributed by atoms with Crippen LogP contribution < -0.4 is 11.1 Å². The molecule has 0 aliphatic rings. The van der Waals surface area contributed by atoms with E-state index in [1.165, 1.54) is 11.1 Å². The molecule has 2 aromatic carbocycles. The second-order valence-electron chi connectivity index (χ2n) is 5.25. The maximum absolute atomic E-state index is 10.9. The SMILES string of the molecule is NC(=O)CCNC(Cc1ccccc1)Cc1ccccc1. The highest BCUT2D eigenvalue weighted by molar-refractivity contribution is 5.73. The first kappa shape index (κ1) is 15.3. The molecule has 0 bridgehead atoms. The first-order valence-corrected chi connectivity index (χ1v) is 7.33. The molecule has 21 heavy (non-hydrogen) atoms. The zero-order chi connectivity index (χ0) is 14.9. The van der Waals surface area contributed by atoms with Crippen LogP contribution in [0.25, 0.3) is 0 Å². The van der Waals surface area contributed by atoms with Crippen molar-refractivity contribution in [2.75, 3.05) is 6.54 Å². The number of nitrogens with two attached hydrogens (primary N) is 1. The van der Waals surface area contributed by atoms with E-state index in [0.717, 1.165) is 12.8 Å². The van der Waals surface area contributed by atoms with Crippen LogP contribution in [0, 0.1) is 0 Å². The Morgan fingerprint density at radius 2 is 1.38 bits per heavy atom. The molecule has 3 nitrogen and oxygen atoms in total. The van der Waals surface area contributed by atoms with E-state index in [9.17, 15) is 4.79 Å². The molecular weight excluding hydrogens is 260 g/mol. The number of amides is 1. The summed E-state index contributed by atoms with van der Waals surface area (Å²) in [7, 11) is 0. The Morgan fingerprint density at radius 1 is 0.905 bits per heavy atom. The lowest BCUT2D eigenvalue weighted by molar-refractivity contribution is -0.117. The number of carbonyl (C=O) groups is 1. The molecule has 0 unspecified atom stereocenters. The third-order valence-electron chi connectivity index (χ3n) is 3.45. The van der Waals surface area contributed by atoms with Gasteiger partial charge in [-0.15, -0.1) is 0 Å². The van der Waals surface area contributed by atoms with Gasteiger partial charge in [0, 0.05) is 19.0 Å². The van der Waals surface area contributed by atoms with Gasteiger partial charge in [-0.25, -0.2) is 0 Å². The van der Waals surface area contributed by atoms with E-state index in [0.29, 0.717) is 19.0 Å². The summed E-state index contributed by atoms with van der Waals surface area (Å²) in [6.07, 6.45) is 2.25. The molecule has 0 aliphatic carbocycles. The summed E-state index contributed by atoms with van der Waals surface area (Å²) in [6, 6.07) is 21.1. The summed E-state index contributed by atoms with van der Waals surface area (Å²) < 4.78 is 0. The highest BCUT2D eigenvalue weighted by Crippen LogP contribution is 2.09. The lowest BCUT2D eigenvalue weighted by Crippen LogP contribution is -2.35. The van der Waals surface area contributed by atoms with Gasteiger partial charge in [0.25, 0.3) is 0 Å². The molecule has 0 aromatic heterocycles. The number of nitrogens with one attached hydrogen (secondary N) is 1. The fourth-order valence-corrected chi connectivity index (χ4v) is 2.41. The number of hydrogen-bond acceptors (Lipinski definition) is 2. The molecule has 0 radical (unpaired) electrons. The molecular formula is C18H22N2O. The molecule has 0 saturated carbocycles. The van der Waals surface area contributed by atoms with Crippen LogP contribution in [0.2, 0.25) is 0 Å². The van der Waals surface area contributed by atoms with Gasteiger partial charge in [-0.05, 0) is 24.0 Å². The fraction of sp³-hybridized carbons (Fsp3) is 0.278. The van der Waals surface area contributed by atoms with E-state index in [1.54, 1.807) is 0 Å². The van der Waals surface area contributed by atoms with Crippen molar-refractivity contribution >= 4 is 5.91 Å². The van der Waals surface area contributed by atoms with Crippen LogP contribution in [0.1, 0.15) is 17.5 Å². The maximum Gasteiger partial charge on any atom is 0.218 e. The zero-order valence-corrected chi connectivity index (χ0v) is 12.2. The van der Waals surface area contributed by atoms with Gasteiger partial charge in [-0.3, -0.25) is 4.79 Å². The van der Waals surface area contributed by atoms with E-state index in [-0.39, 0.29) is 5.91 Å². The molecule has 0 heterocycles. The molecule has 0 fully saturated rings. The summed E-state index contributed by atoms with van der Waals surface area (Å²) in [6.45, 7) is 0.625. The number of primary amides is 1. The van der Waals surface area contributed by atoms with Crippen molar-refractivity contribution < 1.29 is 4.79 Å². The van der Waals surface area contributed by atoms with Gasteiger partial charge in [-0.2, -0.15) is 0 Å². The molecule has 1 amide bonds. The van der Waals surface area contributed by atoms with Crippen LogP contribution in [0.4, 0.5) is 0 Å². The zero-order valence-electron chi connectivity index (χ0n) is 12.2. The molecule has 3 heteroatoms. The van der Waals surface area contributed by atoms with Gasteiger partial charge in [0.05, 0.1) is 0 Å². The Hall–Kier alpha value is -2.13. The van der Waals surface area contributed by atoms with Crippen molar-refractivity contribution in [1.82, 2.24) is 5.32 Å². The molecule has 3 N–H and O–H groups in total. The van der Waals surface area contributed by atoms with Crippen LogP contribution in [-0.2, 0) is 17.6 Å². The predicted molar refractivity (Wildman–Crippen MR) is 85.9 cm³/mol. The van der Waals surface area contributed by atoms with E-state index in [2.05, 4.69) is 53.8 Å². The average Bonchev–Trinajstić information content (AvgIpc) is 2.49. The third kappa shape index (κ3) is 5.79. The predicted octanol–water partition coefficient (Wildman–Crippen LogP) is 2.31. The normalized spacial score (nSPS) is 10.7. The monoisotopic (exact) mass is 282 g/mol. The minimum atomic E-state index is -0.263. The van der Waals surface area contributed by atoms with Gasteiger partial charge in [0.2, 0.25) is 5.91 Å². The molecule has 0 atom stereocenters. The van der Waals surface area contributed by atoms with Crippen molar-refractivity contribution in [2.45, 2.75) is 25.3 Å². The van der Waals surface area contributed by atoms with Gasteiger partial charge in [0.15, 0.2) is 0 Å². The summed E-state index contributed by atoms with van der Waals surface area (Å²) >= 11 is 0. The highest BCUT2D eigenvalue weighted by atomic mass is 16.1. The summed E-state index contributed by atoms with van der Waals surface area (Å²) in [5, 5.41) is 3.45. The molecule has 2 rings (SSSR count). The smallest absolute Gasteiger partial charge is 0.218 e. The second kappa shape index (κ2) is 8.22. The Bertz CT molecular complexity index is 498. The first-order valence-electron chi connectivity index (χ1n) is 7.33. The van der Waals surface area contributed by atoms with Crippen molar-refractivity contribution in [3.05, 3.63) is 71.8 Å². The van der Waals surface area contributed by atoms with Crippen LogP contribution in [0.15, 0.2) is 60.7 Å². The Labute approximate surface area is 126 Å². The lowest BCUT2D eigenvalue weighted by atomic mass is 9.99. The van der Waals surface area contributed by atoms with Crippen molar-refractivity contribution in [2.24, 2.45) is 5.73 Å². The van der Waals surface area contributed by atoms with Gasteiger partial charge < -0.3 is 11.1 Å². The quantitative estimate of drug-likeness (QED) is 0.780. The number of carbonyl (C=O) groups excluding carboxylic acids is 1. The molecule has 0 aliphatic heterocycles. The Morgan fingerprint density at radius 3 is 1.81 bits per heavy atom. The first-order chi connectivity index (χ1) is 10.2. The molecule has 2 aromatic rings. The van der Waals surface area contributed by atoms with Crippen LogP contribution in [0.3, 0.4) is 0 Å². The van der Waals surface area contributed by atoms with Crippen molar-refractivity contribution in [3.8, 4) is 0 Å². The van der Waals surface area contributed by atoms with Crippen LogP contribution in [-0.4, -0.2) is 18.5 Å². The summed E-state index contributed by atoms with van der Waals surface area (Å²) in [5.74, 6) is -0.263. The van der Waals surface area contributed by atoms with Gasteiger partial charge in [0.1, 0.15) is 0 Å². The number of hydrogen-bond donors (Lipinski definition) is 2. The van der Waals surface area contributed by atoms with E-state index >= 15 is 0 Å². The van der Waals surface area contributed by atoms with Crippen LogP contribution >= 0.6 is 0 Å². The maximum atomic E-state index is 10.9. The fourth-order valence-electron chi connectivity index (χ4n) is 2.41. The summed E-state index contributed by atoms with van der Waals surface area (Å²) in [5.41, 5.74) is 7.80. The van der Waals surface area contributed by atoms with E-state index in [1.807, 2.05) is 12.1 Å². The minimum Gasteiger partial charge on any atom is -0.370 e. The standard InChI is InChI=1S/C18H22N2O/c19-18(21)11-12-20-17(13-15-7-3-1-4-8-15)14-16-9-5-2-6-10-16/h1-10,17,20H,11-14H2,(H2,19,21). The molecule has 0 saturated heterocycles. The number of benzene rings is 2. The van der Waals surface area contributed by atoms with Gasteiger partial charge in [-0.1, -0.05) is 60.7 Å². The Balaban J connectivity index is 1.97. The lowest BCUT2D eigenvalue weighted by Gasteiger charge is -2.19. The van der Waals surface area contributed by atoms with Crippen molar-refractivity contribution in [1.29, 1.82) is 0 Å². The average molecular weight is 282 g/mol. The largest absolute Gasteiger partial charge is 0.370 e. The third-order valence-corrected chi connectivity index (χ3v) is 3.45. The molecule has 0 spiro atoms. The topological polar surface area (TPSA) is 55.1 Å². The number of rotatable bonds is 8. The second-order valence-corrected chi connectivity index (χ2v) is 5.25.